The number of rotatable bonds is 6. The van der Waals surface area contributed by atoms with Crippen LogP contribution in [-0.2, 0) is 11.3 Å². The van der Waals surface area contributed by atoms with Crippen LogP contribution in [0.15, 0.2) is 48.5 Å². The van der Waals surface area contributed by atoms with Gasteiger partial charge in [0.05, 0.1) is 11.5 Å². The summed E-state index contributed by atoms with van der Waals surface area (Å²) in [6, 6.07) is 15.0. The summed E-state index contributed by atoms with van der Waals surface area (Å²) in [7, 11) is 0. The van der Waals surface area contributed by atoms with Gasteiger partial charge in [-0.25, -0.2) is 4.79 Å². The lowest BCUT2D eigenvalue weighted by molar-refractivity contribution is -0.385. The van der Waals surface area contributed by atoms with E-state index >= 15 is 0 Å². The average Bonchev–Trinajstić information content (AvgIpc) is 2.76. The van der Waals surface area contributed by atoms with Crippen LogP contribution in [0.25, 0.3) is 0 Å². The molecule has 1 aliphatic heterocycles. The fourth-order valence-electron chi connectivity index (χ4n) is 3.26. The molecule has 2 aromatic rings. The van der Waals surface area contributed by atoms with Crippen molar-refractivity contribution >= 4 is 17.3 Å². The van der Waals surface area contributed by atoms with Gasteiger partial charge >= 0.3 is 5.97 Å². The smallest absolute Gasteiger partial charge is 0.345 e. The van der Waals surface area contributed by atoms with Crippen LogP contribution in [0.1, 0.15) is 36.7 Å². The molecule has 2 aromatic carbocycles. The van der Waals surface area contributed by atoms with Crippen LogP contribution in [0.4, 0.5) is 11.4 Å². The summed E-state index contributed by atoms with van der Waals surface area (Å²) in [5, 5.41) is 11.2. The molecular weight excluding hydrogens is 370 g/mol. The molecule has 1 saturated heterocycles. The normalized spacial score (nSPS) is 14.0. The van der Waals surface area contributed by atoms with E-state index in [1.807, 2.05) is 32.0 Å². The molecule has 0 N–H and O–H groups in total. The molecule has 0 unspecified atom stereocenters. The Morgan fingerprint density at radius 2 is 1.72 bits per heavy atom. The van der Waals surface area contributed by atoms with Gasteiger partial charge in [0.2, 0.25) is 0 Å². The molecule has 3 rings (SSSR count). The number of hydrogen-bond donors (Lipinski definition) is 0. The van der Waals surface area contributed by atoms with Crippen molar-refractivity contribution in [3.8, 4) is 0 Å². The number of carbonyl (C=O) groups excluding carboxylic acids is 1. The number of hydrogen-bond acceptors (Lipinski definition) is 6. The highest BCUT2D eigenvalue weighted by Crippen LogP contribution is 2.27. The van der Waals surface area contributed by atoms with Gasteiger partial charge in [-0.3, -0.25) is 15.0 Å². The van der Waals surface area contributed by atoms with Crippen molar-refractivity contribution in [3.05, 3.63) is 69.8 Å². The Kier molecular flexibility index (Phi) is 8.61. The van der Waals surface area contributed by atoms with Crippen LogP contribution < -0.4 is 4.90 Å². The van der Waals surface area contributed by atoms with Crippen LogP contribution >= 0.6 is 0 Å². The maximum Gasteiger partial charge on any atom is 0.345 e. The van der Waals surface area contributed by atoms with E-state index in [0.717, 1.165) is 38.4 Å². The molecule has 0 aromatic heterocycles. The zero-order valence-corrected chi connectivity index (χ0v) is 17.3. The number of piperazine rings is 1. The molecule has 7 nitrogen and oxygen atoms in total. The fraction of sp³-hybridized carbons (Fsp3) is 0.409. The number of anilines is 1. The number of nitro benzene ring substituents is 1. The van der Waals surface area contributed by atoms with E-state index in [-0.39, 0.29) is 17.9 Å². The van der Waals surface area contributed by atoms with Gasteiger partial charge in [0.1, 0.15) is 5.56 Å². The highest BCUT2D eigenvalue weighted by molar-refractivity contribution is 5.95. The minimum atomic E-state index is -0.659. The maximum absolute atomic E-state index is 12.1. The fourth-order valence-corrected chi connectivity index (χ4v) is 3.26. The predicted molar refractivity (Wildman–Crippen MR) is 114 cm³/mol. The van der Waals surface area contributed by atoms with Crippen molar-refractivity contribution in [2.24, 2.45) is 0 Å². The minimum absolute atomic E-state index is 0.00562. The summed E-state index contributed by atoms with van der Waals surface area (Å²) in [6.07, 6.45) is 0. The maximum atomic E-state index is 12.1. The van der Waals surface area contributed by atoms with Gasteiger partial charge in [0.25, 0.3) is 5.69 Å². The molecule has 0 amide bonds. The van der Waals surface area contributed by atoms with E-state index in [9.17, 15) is 14.9 Å². The number of benzene rings is 2. The van der Waals surface area contributed by atoms with Gasteiger partial charge in [0.15, 0.2) is 0 Å². The van der Waals surface area contributed by atoms with Crippen molar-refractivity contribution in [3.63, 3.8) is 0 Å². The third kappa shape index (κ3) is 6.02. The second kappa shape index (κ2) is 11.2. The summed E-state index contributed by atoms with van der Waals surface area (Å²) in [6.45, 7) is 10.1. The molecule has 0 saturated carbocycles. The van der Waals surface area contributed by atoms with E-state index in [2.05, 4.69) is 21.9 Å². The number of carbonyl (C=O) groups is 1. The van der Waals surface area contributed by atoms with Gasteiger partial charge in [0, 0.05) is 44.5 Å². The quantitative estimate of drug-likeness (QED) is 0.413. The molecule has 0 bridgehead atoms. The SMILES string of the molecule is CC.CCOC(=O)c1cc(N2CCN(Cc3ccccc3)CC2)ccc1[N+](=O)[O-]. The predicted octanol–water partition coefficient (Wildman–Crippen LogP) is 4.12. The first-order valence-electron chi connectivity index (χ1n) is 10.0. The van der Waals surface area contributed by atoms with Crippen molar-refractivity contribution in [2.75, 3.05) is 37.7 Å². The van der Waals surface area contributed by atoms with Gasteiger partial charge in [-0.05, 0) is 24.6 Å². The molecule has 1 fully saturated rings. The van der Waals surface area contributed by atoms with Crippen LogP contribution in [0.3, 0.4) is 0 Å². The van der Waals surface area contributed by atoms with E-state index < -0.39 is 10.9 Å². The topological polar surface area (TPSA) is 75.9 Å². The summed E-state index contributed by atoms with van der Waals surface area (Å²) in [5.41, 5.74) is 1.87. The Labute approximate surface area is 172 Å². The first-order chi connectivity index (χ1) is 14.1. The highest BCUT2D eigenvalue weighted by Gasteiger charge is 2.24. The Hall–Kier alpha value is -2.93. The molecule has 156 valence electrons. The Morgan fingerprint density at radius 1 is 1.07 bits per heavy atom. The lowest BCUT2D eigenvalue weighted by Gasteiger charge is -2.36. The molecule has 7 heteroatoms. The summed E-state index contributed by atoms with van der Waals surface area (Å²) in [4.78, 5) is 27.3. The van der Waals surface area contributed by atoms with Gasteiger partial charge in [-0.1, -0.05) is 44.2 Å². The molecule has 1 heterocycles. The lowest BCUT2D eigenvalue weighted by Crippen LogP contribution is -2.46. The largest absolute Gasteiger partial charge is 0.462 e. The first-order valence-corrected chi connectivity index (χ1v) is 10.0. The number of nitro groups is 1. The lowest BCUT2D eigenvalue weighted by atomic mass is 10.1. The Balaban J connectivity index is 0.00000145. The molecule has 29 heavy (non-hydrogen) atoms. The van der Waals surface area contributed by atoms with Crippen molar-refractivity contribution in [2.45, 2.75) is 27.3 Å². The van der Waals surface area contributed by atoms with Crippen molar-refractivity contribution in [1.82, 2.24) is 4.90 Å². The monoisotopic (exact) mass is 399 g/mol. The molecule has 0 aliphatic carbocycles. The van der Waals surface area contributed by atoms with E-state index in [0.29, 0.717) is 0 Å². The second-order valence-corrected chi connectivity index (χ2v) is 6.43. The highest BCUT2D eigenvalue weighted by atomic mass is 16.6. The Morgan fingerprint density at radius 3 is 2.31 bits per heavy atom. The van der Waals surface area contributed by atoms with Crippen LogP contribution in [0.2, 0.25) is 0 Å². The number of nitrogens with zero attached hydrogens (tertiary/aromatic N) is 3. The second-order valence-electron chi connectivity index (χ2n) is 6.43. The van der Waals surface area contributed by atoms with Gasteiger partial charge in [-0.2, -0.15) is 0 Å². The van der Waals surface area contributed by atoms with Crippen LogP contribution in [-0.4, -0.2) is 48.6 Å². The molecular formula is C22H29N3O4. The summed E-state index contributed by atoms with van der Waals surface area (Å²) >= 11 is 0. The number of ether oxygens (including phenoxy) is 1. The standard InChI is InChI=1S/C20H23N3O4.C2H6/c1-2-27-20(24)18-14-17(8-9-19(18)23(25)26)22-12-10-21(11-13-22)15-16-6-4-3-5-7-16;1-2/h3-9,14H,2,10-13,15H2,1H3;1-2H3. The average molecular weight is 399 g/mol. The number of esters is 1. The third-order valence-corrected chi connectivity index (χ3v) is 4.66. The van der Waals surface area contributed by atoms with E-state index in [1.165, 1.54) is 11.6 Å². The molecule has 0 spiro atoms. The zero-order chi connectivity index (χ0) is 21.2. The molecule has 0 atom stereocenters. The Bertz CT molecular complexity index is 803. The molecule has 0 radical (unpaired) electrons. The zero-order valence-electron chi connectivity index (χ0n) is 17.3. The third-order valence-electron chi connectivity index (χ3n) is 4.66. The van der Waals surface area contributed by atoms with Crippen LogP contribution in [0.5, 0.6) is 0 Å². The minimum Gasteiger partial charge on any atom is -0.462 e. The van der Waals surface area contributed by atoms with Crippen molar-refractivity contribution in [1.29, 1.82) is 0 Å². The van der Waals surface area contributed by atoms with Crippen LogP contribution in [0, 0.1) is 10.1 Å². The summed E-state index contributed by atoms with van der Waals surface area (Å²) < 4.78 is 4.97. The molecule has 1 aliphatic rings. The van der Waals surface area contributed by atoms with Crippen molar-refractivity contribution < 1.29 is 14.5 Å². The first kappa shape index (κ1) is 22.4. The summed E-state index contributed by atoms with van der Waals surface area (Å²) in [5.74, 6) is -0.659. The van der Waals surface area contributed by atoms with E-state index in [1.54, 1.807) is 19.1 Å². The van der Waals surface area contributed by atoms with Gasteiger partial charge in [-0.15, -0.1) is 0 Å². The van der Waals surface area contributed by atoms with Gasteiger partial charge < -0.3 is 9.64 Å². The van der Waals surface area contributed by atoms with E-state index in [4.69, 9.17) is 4.74 Å².